The van der Waals surface area contributed by atoms with Crippen molar-refractivity contribution in [2.75, 3.05) is 6.54 Å². The summed E-state index contributed by atoms with van der Waals surface area (Å²) in [6.07, 6.45) is 3.41. The van der Waals surface area contributed by atoms with E-state index in [9.17, 15) is 14.7 Å². The molecule has 0 spiro atoms. The van der Waals surface area contributed by atoms with Crippen molar-refractivity contribution >= 4 is 18.5 Å². The summed E-state index contributed by atoms with van der Waals surface area (Å²) < 4.78 is 5.07. The zero-order chi connectivity index (χ0) is 15.2. The van der Waals surface area contributed by atoms with Gasteiger partial charge in [-0.25, -0.2) is 4.79 Å². The first-order valence-electron chi connectivity index (χ1n) is 6.24. The van der Waals surface area contributed by atoms with Gasteiger partial charge in [0.2, 0.25) is 0 Å². The molecule has 5 heteroatoms. The molecule has 20 heavy (non-hydrogen) atoms. The minimum absolute atomic E-state index is 0.0674. The van der Waals surface area contributed by atoms with Gasteiger partial charge >= 0.3 is 6.09 Å². The minimum atomic E-state index is -0.538. The summed E-state index contributed by atoms with van der Waals surface area (Å²) in [5, 5.41) is 12.1. The largest absolute Gasteiger partial charge is 0.507 e. The number of carbonyl (C=O) groups excluding carboxylic acids is 2. The lowest BCUT2D eigenvalue weighted by Gasteiger charge is -2.19. The smallest absolute Gasteiger partial charge is 0.407 e. The van der Waals surface area contributed by atoms with Crippen LogP contribution in [0, 0.1) is 0 Å². The van der Waals surface area contributed by atoms with Crippen LogP contribution in [-0.2, 0) is 4.74 Å². The molecule has 0 bridgehead atoms. The number of aldehydes is 1. The number of phenolic OH excluding ortho intramolecular Hbond substituents is 1. The van der Waals surface area contributed by atoms with Crippen molar-refractivity contribution in [2.24, 2.45) is 0 Å². The summed E-state index contributed by atoms with van der Waals surface area (Å²) in [6.45, 7) is 5.62. The van der Waals surface area contributed by atoms with E-state index in [1.165, 1.54) is 6.07 Å². The number of phenols is 1. The van der Waals surface area contributed by atoms with E-state index in [1.807, 2.05) is 0 Å². The minimum Gasteiger partial charge on any atom is -0.507 e. The number of aromatic hydroxyl groups is 1. The van der Waals surface area contributed by atoms with Crippen molar-refractivity contribution in [3.8, 4) is 5.75 Å². The molecule has 0 saturated heterocycles. The maximum absolute atomic E-state index is 11.4. The van der Waals surface area contributed by atoms with Crippen LogP contribution in [0.4, 0.5) is 4.79 Å². The quantitative estimate of drug-likeness (QED) is 0.830. The molecule has 1 aromatic rings. The normalized spacial score (nSPS) is 11.3. The predicted octanol–water partition coefficient (Wildman–Crippen LogP) is 2.74. The summed E-state index contributed by atoms with van der Waals surface area (Å²) in [5.74, 6) is -0.0674. The number of hydrogen-bond acceptors (Lipinski definition) is 4. The molecule has 2 N–H and O–H groups in total. The van der Waals surface area contributed by atoms with Crippen molar-refractivity contribution < 1.29 is 19.4 Å². The fourth-order valence-electron chi connectivity index (χ4n) is 1.49. The van der Waals surface area contributed by atoms with E-state index >= 15 is 0 Å². The molecular weight excluding hydrogens is 258 g/mol. The number of alkyl carbamates (subject to hydrolysis) is 1. The topological polar surface area (TPSA) is 75.6 Å². The molecule has 0 radical (unpaired) electrons. The van der Waals surface area contributed by atoms with Crippen LogP contribution in [0.1, 0.15) is 36.7 Å². The van der Waals surface area contributed by atoms with Crippen molar-refractivity contribution in [3.05, 3.63) is 35.4 Å². The fourth-order valence-corrected chi connectivity index (χ4v) is 1.49. The highest BCUT2D eigenvalue weighted by atomic mass is 16.6. The van der Waals surface area contributed by atoms with Gasteiger partial charge in [0.05, 0.1) is 5.56 Å². The molecule has 0 heterocycles. The summed E-state index contributed by atoms with van der Waals surface area (Å²) in [7, 11) is 0. The second-order valence-corrected chi connectivity index (χ2v) is 5.18. The molecule has 0 aliphatic heterocycles. The Balaban J connectivity index is 2.56. The van der Waals surface area contributed by atoms with E-state index in [-0.39, 0.29) is 17.9 Å². The lowest BCUT2D eigenvalue weighted by Crippen LogP contribution is -2.32. The fraction of sp³-hybridized carbons (Fsp3) is 0.333. The van der Waals surface area contributed by atoms with Gasteiger partial charge in [-0.2, -0.15) is 0 Å². The molecule has 0 atom stereocenters. The Morgan fingerprint density at radius 3 is 2.70 bits per heavy atom. The van der Waals surface area contributed by atoms with Crippen LogP contribution in [0.3, 0.4) is 0 Å². The number of hydrogen-bond donors (Lipinski definition) is 2. The van der Waals surface area contributed by atoms with Crippen LogP contribution in [0.5, 0.6) is 5.75 Å². The summed E-state index contributed by atoms with van der Waals surface area (Å²) in [5.41, 5.74) is 0.274. The van der Waals surface area contributed by atoms with Gasteiger partial charge in [-0.15, -0.1) is 0 Å². The van der Waals surface area contributed by atoms with E-state index in [1.54, 1.807) is 45.1 Å². The maximum Gasteiger partial charge on any atom is 0.407 e. The second-order valence-electron chi connectivity index (χ2n) is 5.18. The molecule has 1 amide bonds. The van der Waals surface area contributed by atoms with Crippen LogP contribution in [0.2, 0.25) is 0 Å². The highest BCUT2D eigenvalue weighted by Gasteiger charge is 2.15. The monoisotopic (exact) mass is 277 g/mol. The van der Waals surface area contributed by atoms with Crippen molar-refractivity contribution in [3.63, 3.8) is 0 Å². The van der Waals surface area contributed by atoms with E-state index in [0.29, 0.717) is 11.8 Å². The van der Waals surface area contributed by atoms with Crippen LogP contribution in [0.15, 0.2) is 24.3 Å². The molecule has 108 valence electrons. The summed E-state index contributed by atoms with van der Waals surface area (Å²) >= 11 is 0. The number of ether oxygens (including phenoxy) is 1. The molecule has 0 aliphatic rings. The molecule has 0 saturated carbocycles. The van der Waals surface area contributed by atoms with Gasteiger partial charge in [0.25, 0.3) is 0 Å². The molecule has 0 aromatic heterocycles. The van der Waals surface area contributed by atoms with Crippen LogP contribution < -0.4 is 5.32 Å². The van der Waals surface area contributed by atoms with Gasteiger partial charge in [-0.05, 0) is 32.4 Å². The third-order valence-corrected chi connectivity index (χ3v) is 2.30. The number of carbonyl (C=O) groups is 2. The van der Waals surface area contributed by atoms with E-state index in [2.05, 4.69) is 5.32 Å². The number of benzene rings is 1. The van der Waals surface area contributed by atoms with Gasteiger partial charge in [-0.1, -0.05) is 24.3 Å². The van der Waals surface area contributed by atoms with E-state index in [0.717, 1.165) is 0 Å². The molecule has 0 fully saturated rings. The van der Waals surface area contributed by atoms with Crippen molar-refractivity contribution in [1.82, 2.24) is 5.32 Å². The average molecular weight is 277 g/mol. The summed E-state index contributed by atoms with van der Waals surface area (Å²) in [4.78, 5) is 22.2. The molecule has 0 aliphatic carbocycles. The predicted molar refractivity (Wildman–Crippen MR) is 76.8 cm³/mol. The third kappa shape index (κ3) is 5.14. The van der Waals surface area contributed by atoms with Crippen LogP contribution in [-0.4, -0.2) is 29.6 Å². The molecular formula is C15H19NO4. The lowest BCUT2D eigenvalue weighted by molar-refractivity contribution is 0.0534. The van der Waals surface area contributed by atoms with Gasteiger partial charge in [0, 0.05) is 6.54 Å². The molecule has 0 unspecified atom stereocenters. The van der Waals surface area contributed by atoms with Gasteiger partial charge in [0.15, 0.2) is 6.29 Å². The first-order valence-corrected chi connectivity index (χ1v) is 6.24. The Kier molecular flexibility index (Phi) is 5.32. The Morgan fingerprint density at radius 2 is 2.10 bits per heavy atom. The van der Waals surface area contributed by atoms with Gasteiger partial charge in [0.1, 0.15) is 11.4 Å². The number of nitrogens with one attached hydrogen (secondary N) is 1. The highest BCUT2D eigenvalue weighted by molar-refractivity contribution is 5.85. The SMILES string of the molecule is CC(C)(C)OC(=O)NCC=Cc1cccc(O)c1C=O. The molecule has 1 aromatic carbocycles. The maximum atomic E-state index is 11.4. The van der Waals surface area contributed by atoms with Crippen LogP contribution in [0.25, 0.3) is 6.08 Å². The van der Waals surface area contributed by atoms with Gasteiger partial charge in [-0.3, -0.25) is 4.79 Å². The van der Waals surface area contributed by atoms with Crippen LogP contribution >= 0.6 is 0 Å². The molecule has 5 nitrogen and oxygen atoms in total. The number of rotatable bonds is 4. The zero-order valence-corrected chi connectivity index (χ0v) is 11.8. The average Bonchev–Trinajstić information content (AvgIpc) is 2.32. The van der Waals surface area contributed by atoms with Gasteiger partial charge < -0.3 is 15.2 Å². The summed E-state index contributed by atoms with van der Waals surface area (Å²) in [6, 6.07) is 4.79. The molecule has 1 rings (SSSR count). The standard InChI is InChI=1S/C15H19NO4/c1-15(2,3)20-14(19)16-9-5-7-11-6-4-8-13(18)12(11)10-17/h4-8,10,18H,9H2,1-3H3,(H,16,19). The Hall–Kier alpha value is -2.30. The third-order valence-electron chi connectivity index (χ3n) is 2.30. The first-order chi connectivity index (χ1) is 9.33. The Bertz CT molecular complexity index is 515. The second kappa shape index (κ2) is 6.75. The zero-order valence-electron chi connectivity index (χ0n) is 11.8. The van der Waals surface area contributed by atoms with E-state index < -0.39 is 11.7 Å². The van der Waals surface area contributed by atoms with Crippen molar-refractivity contribution in [2.45, 2.75) is 26.4 Å². The van der Waals surface area contributed by atoms with Crippen molar-refractivity contribution in [1.29, 1.82) is 0 Å². The Labute approximate surface area is 118 Å². The van der Waals surface area contributed by atoms with E-state index in [4.69, 9.17) is 4.74 Å². The first kappa shape index (κ1) is 15.8. The number of amides is 1. The highest BCUT2D eigenvalue weighted by Crippen LogP contribution is 2.19. The Morgan fingerprint density at radius 1 is 1.40 bits per heavy atom. The lowest BCUT2D eigenvalue weighted by atomic mass is 10.1.